The van der Waals surface area contributed by atoms with Crippen LogP contribution in [0.1, 0.15) is 37.7 Å². The highest BCUT2D eigenvalue weighted by Gasteiger charge is 2.16. The van der Waals surface area contributed by atoms with Gasteiger partial charge in [0.2, 0.25) is 0 Å². The second-order valence-electron chi connectivity index (χ2n) is 5.74. The number of nitrogens with zero attached hydrogens (tertiary/aromatic N) is 1. The third kappa shape index (κ3) is 3.24. The average molecular weight is 281 g/mol. The zero-order valence-electron chi connectivity index (χ0n) is 12.4. The van der Waals surface area contributed by atoms with Crippen molar-refractivity contribution in [3.05, 3.63) is 48.2 Å². The molecule has 3 nitrogen and oxygen atoms in total. The standard InChI is InChI=1S/C18H23N3/c19-13-17-16(14-7-3-1-4-8-14)11-12-20-18(17)21-15-9-5-2-6-10-15/h1,3-4,7-8,11-12,15H,2,5-6,9-10,13,19H2,(H,20,21). The molecule has 0 atom stereocenters. The molecule has 0 spiro atoms. The number of benzene rings is 1. The molecule has 3 heteroatoms. The first-order valence-corrected chi connectivity index (χ1v) is 7.88. The highest BCUT2D eigenvalue weighted by Crippen LogP contribution is 2.29. The number of pyridine rings is 1. The van der Waals surface area contributed by atoms with Crippen molar-refractivity contribution in [2.75, 3.05) is 5.32 Å². The van der Waals surface area contributed by atoms with Gasteiger partial charge in [-0.2, -0.15) is 0 Å². The number of aromatic nitrogens is 1. The summed E-state index contributed by atoms with van der Waals surface area (Å²) in [5.41, 5.74) is 9.52. The Bertz CT molecular complexity index is 574. The number of hydrogen-bond donors (Lipinski definition) is 2. The molecule has 1 aliphatic rings. The van der Waals surface area contributed by atoms with Gasteiger partial charge in [-0.1, -0.05) is 49.6 Å². The Balaban J connectivity index is 1.90. The summed E-state index contributed by atoms with van der Waals surface area (Å²) in [7, 11) is 0. The van der Waals surface area contributed by atoms with Crippen LogP contribution in [0.2, 0.25) is 0 Å². The lowest BCUT2D eigenvalue weighted by Crippen LogP contribution is -2.24. The summed E-state index contributed by atoms with van der Waals surface area (Å²) in [5, 5.41) is 3.62. The Morgan fingerprint density at radius 1 is 1.05 bits per heavy atom. The van der Waals surface area contributed by atoms with Gasteiger partial charge >= 0.3 is 0 Å². The molecular formula is C18H23N3. The van der Waals surface area contributed by atoms with Crippen LogP contribution in [0.15, 0.2) is 42.6 Å². The lowest BCUT2D eigenvalue weighted by Gasteiger charge is -2.25. The molecule has 3 N–H and O–H groups in total. The predicted octanol–water partition coefficient (Wildman–Crippen LogP) is 3.95. The number of nitrogens with one attached hydrogen (secondary N) is 1. The fourth-order valence-electron chi connectivity index (χ4n) is 3.15. The quantitative estimate of drug-likeness (QED) is 0.892. The Labute approximate surface area is 126 Å². The number of hydrogen-bond acceptors (Lipinski definition) is 3. The molecule has 1 aromatic heterocycles. The molecule has 21 heavy (non-hydrogen) atoms. The summed E-state index contributed by atoms with van der Waals surface area (Å²) >= 11 is 0. The van der Waals surface area contributed by atoms with Crippen LogP contribution in [0.4, 0.5) is 5.82 Å². The van der Waals surface area contributed by atoms with Crippen LogP contribution in [0.25, 0.3) is 11.1 Å². The first-order chi connectivity index (χ1) is 10.4. The molecule has 0 saturated heterocycles. The van der Waals surface area contributed by atoms with Gasteiger partial charge in [0.25, 0.3) is 0 Å². The van der Waals surface area contributed by atoms with Crippen molar-refractivity contribution in [1.82, 2.24) is 4.98 Å². The van der Waals surface area contributed by atoms with E-state index in [4.69, 9.17) is 5.73 Å². The van der Waals surface area contributed by atoms with Crippen molar-refractivity contribution >= 4 is 5.82 Å². The van der Waals surface area contributed by atoms with Crippen molar-refractivity contribution in [3.8, 4) is 11.1 Å². The maximum atomic E-state index is 6.01. The molecule has 1 aliphatic carbocycles. The average Bonchev–Trinajstić information content (AvgIpc) is 2.56. The van der Waals surface area contributed by atoms with E-state index in [2.05, 4.69) is 40.6 Å². The molecule has 1 heterocycles. The topological polar surface area (TPSA) is 50.9 Å². The molecule has 0 unspecified atom stereocenters. The summed E-state index contributed by atoms with van der Waals surface area (Å²) in [4.78, 5) is 4.54. The van der Waals surface area contributed by atoms with E-state index >= 15 is 0 Å². The summed E-state index contributed by atoms with van der Waals surface area (Å²) in [6, 6.07) is 13.0. The van der Waals surface area contributed by atoms with Crippen molar-refractivity contribution in [3.63, 3.8) is 0 Å². The summed E-state index contributed by atoms with van der Waals surface area (Å²) in [5.74, 6) is 0.964. The van der Waals surface area contributed by atoms with Crippen LogP contribution >= 0.6 is 0 Å². The van der Waals surface area contributed by atoms with E-state index in [1.54, 1.807) is 0 Å². The van der Waals surface area contributed by atoms with E-state index in [0.717, 1.165) is 11.4 Å². The van der Waals surface area contributed by atoms with Gasteiger partial charge in [-0.25, -0.2) is 4.98 Å². The first-order valence-electron chi connectivity index (χ1n) is 7.88. The lowest BCUT2D eigenvalue weighted by atomic mass is 9.95. The van der Waals surface area contributed by atoms with E-state index in [-0.39, 0.29) is 0 Å². The first kappa shape index (κ1) is 14.1. The molecule has 110 valence electrons. The Hall–Kier alpha value is -1.87. The molecular weight excluding hydrogens is 258 g/mol. The normalized spacial score (nSPS) is 15.9. The van der Waals surface area contributed by atoms with Crippen LogP contribution in [-0.2, 0) is 6.54 Å². The monoisotopic (exact) mass is 281 g/mol. The van der Waals surface area contributed by atoms with Gasteiger partial charge in [0.15, 0.2) is 0 Å². The Morgan fingerprint density at radius 2 is 1.81 bits per heavy atom. The van der Waals surface area contributed by atoms with Gasteiger partial charge < -0.3 is 11.1 Å². The third-order valence-corrected chi connectivity index (χ3v) is 4.29. The fourth-order valence-corrected chi connectivity index (χ4v) is 3.15. The molecule has 3 rings (SSSR count). The molecule has 0 radical (unpaired) electrons. The Morgan fingerprint density at radius 3 is 2.52 bits per heavy atom. The zero-order chi connectivity index (χ0) is 14.5. The van der Waals surface area contributed by atoms with E-state index in [0.29, 0.717) is 12.6 Å². The highest BCUT2D eigenvalue weighted by atomic mass is 15.0. The second-order valence-corrected chi connectivity index (χ2v) is 5.74. The van der Waals surface area contributed by atoms with Crippen molar-refractivity contribution < 1.29 is 0 Å². The molecule has 0 bridgehead atoms. The van der Waals surface area contributed by atoms with Gasteiger partial charge in [0.05, 0.1) is 0 Å². The van der Waals surface area contributed by atoms with Gasteiger partial charge in [-0.05, 0) is 30.0 Å². The lowest BCUT2D eigenvalue weighted by molar-refractivity contribution is 0.461. The summed E-state index contributed by atoms with van der Waals surface area (Å²) < 4.78 is 0. The third-order valence-electron chi connectivity index (χ3n) is 4.29. The van der Waals surface area contributed by atoms with Crippen molar-refractivity contribution in [1.29, 1.82) is 0 Å². The molecule has 1 aromatic carbocycles. The van der Waals surface area contributed by atoms with Gasteiger partial charge in [0, 0.05) is 24.3 Å². The summed E-state index contributed by atoms with van der Waals surface area (Å²) in [6.07, 6.45) is 8.34. The van der Waals surface area contributed by atoms with Crippen molar-refractivity contribution in [2.45, 2.75) is 44.7 Å². The minimum absolute atomic E-state index is 0.507. The van der Waals surface area contributed by atoms with E-state index in [1.807, 2.05) is 12.3 Å². The van der Waals surface area contributed by atoms with Crippen LogP contribution in [-0.4, -0.2) is 11.0 Å². The van der Waals surface area contributed by atoms with E-state index < -0.39 is 0 Å². The number of nitrogens with two attached hydrogens (primary N) is 1. The largest absolute Gasteiger partial charge is 0.367 e. The maximum Gasteiger partial charge on any atom is 0.131 e. The maximum absolute atomic E-state index is 6.01. The summed E-state index contributed by atoms with van der Waals surface area (Å²) in [6.45, 7) is 0.507. The van der Waals surface area contributed by atoms with Gasteiger partial charge in [-0.15, -0.1) is 0 Å². The number of rotatable bonds is 4. The molecule has 0 aliphatic heterocycles. The van der Waals surface area contributed by atoms with Crippen LogP contribution in [0, 0.1) is 0 Å². The van der Waals surface area contributed by atoms with Crippen LogP contribution in [0.3, 0.4) is 0 Å². The van der Waals surface area contributed by atoms with E-state index in [1.165, 1.54) is 43.2 Å². The number of anilines is 1. The second kappa shape index (κ2) is 6.72. The highest BCUT2D eigenvalue weighted by molar-refractivity contribution is 5.72. The van der Waals surface area contributed by atoms with Crippen LogP contribution < -0.4 is 11.1 Å². The minimum Gasteiger partial charge on any atom is -0.367 e. The smallest absolute Gasteiger partial charge is 0.131 e. The fraction of sp³-hybridized carbons (Fsp3) is 0.389. The molecule has 2 aromatic rings. The van der Waals surface area contributed by atoms with Gasteiger partial charge in [-0.3, -0.25) is 0 Å². The zero-order valence-corrected chi connectivity index (χ0v) is 12.4. The molecule has 1 fully saturated rings. The van der Waals surface area contributed by atoms with Gasteiger partial charge in [0.1, 0.15) is 5.82 Å². The van der Waals surface area contributed by atoms with E-state index in [9.17, 15) is 0 Å². The SMILES string of the molecule is NCc1c(-c2ccccc2)ccnc1NC1CCCCC1. The molecule has 1 saturated carbocycles. The Kier molecular flexibility index (Phi) is 4.51. The molecule has 0 amide bonds. The predicted molar refractivity (Wildman–Crippen MR) is 88.1 cm³/mol. The van der Waals surface area contributed by atoms with Crippen molar-refractivity contribution in [2.24, 2.45) is 5.73 Å². The van der Waals surface area contributed by atoms with Crippen LogP contribution in [0.5, 0.6) is 0 Å². The minimum atomic E-state index is 0.507.